The van der Waals surface area contributed by atoms with Crippen molar-refractivity contribution < 1.29 is 14.2 Å². The molecule has 0 fully saturated rings. The Labute approximate surface area is 133 Å². The van der Waals surface area contributed by atoms with Crippen LogP contribution in [0.25, 0.3) is 0 Å². The van der Waals surface area contributed by atoms with Crippen LogP contribution >= 0.6 is 0 Å². The molecule has 1 atom stereocenters. The van der Waals surface area contributed by atoms with Crippen molar-refractivity contribution in [1.82, 2.24) is 5.32 Å². The normalized spacial score (nSPS) is 21.6. The third-order valence-electron chi connectivity index (χ3n) is 3.96. The summed E-state index contributed by atoms with van der Waals surface area (Å²) >= 11 is 0. The Bertz CT molecular complexity index is 440. The number of anilines is 1. The summed E-state index contributed by atoms with van der Waals surface area (Å²) in [7, 11) is 0. The fourth-order valence-corrected chi connectivity index (χ4v) is 2.50. The second-order valence-corrected chi connectivity index (χ2v) is 5.62. The zero-order valence-corrected chi connectivity index (χ0v) is 13.5. The maximum atomic E-state index is 5.91. The van der Waals surface area contributed by atoms with E-state index in [1.165, 1.54) is 0 Å². The molecule has 0 amide bonds. The van der Waals surface area contributed by atoms with Gasteiger partial charge in [0.25, 0.3) is 0 Å². The minimum Gasteiger partial charge on any atom is -0.490 e. The quantitative estimate of drug-likeness (QED) is 0.780. The molecule has 1 aromatic carbocycles. The zero-order valence-electron chi connectivity index (χ0n) is 13.5. The number of nitrogens with one attached hydrogen (secondary N) is 1. The first-order chi connectivity index (χ1) is 10.8. The van der Waals surface area contributed by atoms with Gasteiger partial charge in [-0.15, -0.1) is 0 Å². The van der Waals surface area contributed by atoms with Crippen LogP contribution in [0.4, 0.5) is 5.69 Å². The Kier molecular flexibility index (Phi) is 7.33. The van der Waals surface area contributed by atoms with Crippen LogP contribution in [0.1, 0.15) is 26.2 Å². The second kappa shape index (κ2) is 9.54. The minimum atomic E-state index is 0.595. The maximum absolute atomic E-state index is 5.91. The molecule has 1 aromatic rings. The molecule has 5 heteroatoms. The van der Waals surface area contributed by atoms with Gasteiger partial charge in [0.15, 0.2) is 11.5 Å². The predicted molar refractivity (Wildman–Crippen MR) is 88.5 cm³/mol. The van der Waals surface area contributed by atoms with Crippen molar-refractivity contribution in [3.8, 4) is 11.5 Å². The largest absolute Gasteiger partial charge is 0.490 e. The summed E-state index contributed by atoms with van der Waals surface area (Å²) in [6, 6.07) is 5.56. The molecule has 1 unspecified atom stereocenters. The molecule has 0 spiro atoms. The van der Waals surface area contributed by atoms with Gasteiger partial charge in [-0.2, -0.15) is 0 Å². The van der Waals surface area contributed by atoms with Gasteiger partial charge in [0.05, 0.1) is 13.2 Å². The maximum Gasteiger partial charge on any atom is 0.163 e. The summed E-state index contributed by atoms with van der Waals surface area (Å²) < 4.78 is 17.4. The van der Waals surface area contributed by atoms with Crippen molar-refractivity contribution in [2.45, 2.75) is 26.2 Å². The molecule has 0 bridgehead atoms. The average Bonchev–Trinajstić information content (AvgIpc) is 2.53. The first kappa shape index (κ1) is 16.9. The van der Waals surface area contributed by atoms with Gasteiger partial charge in [-0.1, -0.05) is 13.3 Å². The highest BCUT2D eigenvalue weighted by molar-refractivity contribution is 5.51. The third kappa shape index (κ3) is 5.73. The SMILES string of the molecule is CCC1CCOCCNCCOc2ccc(N)cc2OCC1. The lowest BCUT2D eigenvalue weighted by molar-refractivity contribution is 0.117. The molecule has 1 aliphatic rings. The van der Waals surface area contributed by atoms with Crippen molar-refractivity contribution in [1.29, 1.82) is 0 Å². The van der Waals surface area contributed by atoms with E-state index in [-0.39, 0.29) is 0 Å². The molecule has 124 valence electrons. The van der Waals surface area contributed by atoms with Crippen LogP contribution < -0.4 is 20.5 Å². The molecule has 1 aliphatic heterocycles. The van der Waals surface area contributed by atoms with Crippen molar-refractivity contribution >= 4 is 5.69 Å². The molecule has 1 heterocycles. The third-order valence-corrected chi connectivity index (χ3v) is 3.96. The Morgan fingerprint density at radius 1 is 1.05 bits per heavy atom. The molecule has 5 nitrogen and oxygen atoms in total. The van der Waals surface area contributed by atoms with Crippen molar-refractivity contribution in [3.63, 3.8) is 0 Å². The summed E-state index contributed by atoms with van der Waals surface area (Å²) in [4.78, 5) is 0. The van der Waals surface area contributed by atoms with Crippen LogP contribution in [0.15, 0.2) is 18.2 Å². The molecule has 0 radical (unpaired) electrons. The van der Waals surface area contributed by atoms with Gasteiger partial charge in [0, 0.05) is 31.5 Å². The first-order valence-electron chi connectivity index (χ1n) is 8.23. The Morgan fingerprint density at radius 3 is 2.68 bits per heavy atom. The highest BCUT2D eigenvalue weighted by Gasteiger charge is 2.10. The molecule has 2 rings (SSSR count). The standard InChI is InChI=1S/C17H28N2O3/c1-2-14-5-9-20-11-7-19-8-12-22-16-4-3-15(18)13-17(16)21-10-6-14/h3-4,13-14,19H,2,5-12,18H2,1H3. The van der Waals surface area contributed by atoms with E-state index in [1.54, 1.807) is 0 Å². The van der Waals surface area contributed by atoms with E-state index in [4.69, 9.17) is 19.9 Å². The Morgan fingerprint density at radius 2 is 1.82 bits per heavy atom. The van der Waals surface area contributed by atoms with Gasteiger partial charge in [0.2, 0.25) is 0 Å². The van der Waals surface area contributed by atoms with E-state index in [2.05, 4.69) is 12.2 Å². The number of ether oxygens (including phenoxy) is 3. The number of nitrogen functional groups attached to an aromatic ring is 1. The van der Waals surface area contributed by atoms with Gasteiger partial charge < -0.3 is 25.3 Å². The summed E-state index contributed by atoms with van der Waals surface area (Å²) in [5, 5.41) is 3.31. The number of hydrogen-bond donors (Lipinski definition) is 2. The molecule has 0 saturated carbocycles. The smallest absolute Gasteiger partial charge is 0.163 e. The topological polar surface area (TPSA) is 65.7 Å². The lowest BCUT2D eigenvalue weighted by Crippen LogP contribution is -2.25. The van der Waals surface area contributed by atoms with Gasteiger partial charge in [-0.25, -0.2) is 0 Å². The number of hydrogen-bond acceptors (Lipinski definition) is 5. The highest BCUT2D eigenvalue weighted by Crippen LogP contribution is 2.30. The highest BCUT2D eigenvalue weighted by atomic mass is 16.5. The summed E-state index contributed by atoms with van der Waals surface area (Å²) in [6.07, 6.45) is 3.25. The summed E-state index contributed by atoms with van der Waals surface area (Å²) in [6.45, 7) is 6.69. The van der Waals surface area contributed by atoms with Crippen LogP contribution in [0.5, 0.6) is 11.5 Å². The van der Waals surface area contributed by atoms with Crippen LogP contribution in [0.3, 0.4) is 0 Å². The van der Waals surface area contributed by atoms with Crippen molar-refractivity contribution in [2.24, 2.45) is 5.92 Å². The van der Waals surface area contributed by atoms with E-state index < -0.39 is 0 Å². The van der Waals surface area contributed by atoms with Crippen LogP contribution in [-0.2, 0) is 4.74 Å². The molecule has 3 N–H and O–H groups in total. The summed E-state index contributed by atoms with van der Waals surface area (Å²) in [5.74, 6) is 2.12. The predicted octanol–water partition coefficient (Wildman–Crippen LogP) is 2.45. The van der Waals surface area contributed by atoms with E-state index in [0.29, 0.717) is 24.8 Å². The second-order valence-electron chi connectivity index (χ2n) is 5.62. The number of nitrogens with two attached hydrogens (primary N) is 1. The molecule has 0 aromatic heterocycles. The van der Waals surface area contributed by atoms with E-state index >= 15 is 0 Å². The molecule has 0 saturated heterocycles. The number of fused-ring (bicyclic) bond motifs is 1. The lowest BCUT2D eigenvalue weighted by atomic mass is 9.99. The Balaban J connectivity index is 1.99. The van der Waals surface area contributed by atoms with Crippen molar-refractivity contribution in [3.05, 3.63) is 18.2 Å². The van der Waals surface area contributed by atoms with Crippen LogP contribution in [-0.4, -0.2) is 39.5 Å². The molecule has 0 aliphatic carbocycles. The van der Waals surface area contributed by atoms with E-state index in [9.17, 15) is 0 Å². The van der Waals surface area contributed by atoms with Crippen LogP contribution in [0, 0.1) is 5.92 Å². The van der Waals surface area contributed by atoms with Crippen LogP contribution in [0.2, 0.25) is 0 Å². The van der Waals surface area contributed by atoms with Gasteiger partial charge >= 0.3 is 0 Å². The van der Waals surface area contributed by atoms with Gasteiger partial charge in [-0.05, 0) is 30.9 Å². The molecule has 22 heavy (non-hydrogen) atoms. The first-order valence-corrected chi connectivity index (χ1v) is 8.23. The van der Waals surface area contributed by atoms with Gasteiger partial charge in [-0.3, -0.25) is 0 Å². The fourth-order valence-electron chi connectivity index (χ4n) is 2.50. The zero-order chi connectivity index (χ0) is 15.6. The summed E-state index contributed by atoms with van der Waals surface area (Å²) in [5.41, 5.74) is 6.55. The molecular weight excluding hydrogens is 280 g/mol. The van der Waals surface area contributed by atoms with E-state index in [1.807, 2.05) is 18.2 Å². The number of rotatable bonds is 1. The van der Waals surface area contributed by atoms with Crippen molar-refractivity contribution in [2.75, 3.05) is 45.3 Å². The fraction of sp³-hybridized carbons (Fsp3) is 0.647. The average molecular weight is 308 g/mol. The molecular formula is C17H28N2O3. The minimum absolute atomic E-state index is 0.595. The lowest BCUT2D eigenvalue weighted by Gasteiger charge is -2.16. The van der Waals surface area contributed by atoms with Gasteiger partial charge in [0.1, 0.15) is 6.61 Å². The monoisotopic (exact) mass is 308 g/mol. The Hall–Kier alpha value is -1.46. The van der Waals surface area contributed by atoms with E-state index in [0.717, 1.165) is 57.1 Å². The number of benzene rings is 1.